The number of hydrogen-bond acceptors (Lipinski definition) is 5. The van der Waals surface area contributed by atoms with Crippen molar-refractivity contribution >= 4 is 18.1 Å². The van der Waals surface area contributed by atoms with E-state index >= 15 is 0 Å². The van der Waals surface area contributed by atoms with E-state index in [1.54, 1.807) is 16.8 Å². The van der Waals surface area contributed by atoms with E-state index in [2.05, 4.69) is 0 Å². The molecule has 1 heterocycles. The number of likely N-dealkylation sites (N-methyl/N-ethyl adjacent to an activating group) is 1. The van der Waals surface area contributed by atoms with E-state index in [-0.39, 0.29) is 24.1 Å². The van der Waals surface area contributed by atoms with Gasteiger partial charge in [-0.2, -0.15) is 0 Å². The SMILES string of the molecule is COC(=O)C(C(C)C)N(C)C(=O)N1CCN(C(=O)OC(C)(C)C)CC1C. The maximum Gasteiger partial charge on any atom is 0.410 e. The molecular weight excluding hydrogens is 338 g/mol. The van der Waals surface area contributed by atoms with Crippen molar-refractivity contribution in [2.24, 2.45) is 5.92 Å². The number of rotatable bonds is 3. The van der Waals surface area contributed by atoms with Crippen molar-refractivity contribution in [2.45, 2.75) is 59.2 Å². The second kappa shape index (κ2) is 8.60. The van der Waals surface area contributed by atoms with Crippen LogP contribution in [0.4, 0.5) is 9.59 Å². The van der Waals surface area contributed by atoms with Crippen LogP contribution in [0.3, 0.4) is 0 Å². The molecule has 0 aromatic rings. The lowest BCUT2D eigenvalue weighted by Gasteiger charge is -2.42. The Balaban J connectivity index is 2.78. The minimum Gasteiger partial charge on any atom is -0.467 e. The maximum atomic E-state index is 12.9. The first kappa shape index (κ1) is 22.1. The summed E-state index contributed by atoms with van der Waals surface area (Å²) in [4.78, 5) is 41.9. The largest absolute Gasteiger partial charge is 0.467 e. The van der Waals surface area contributed by atoms with E-state index in [0.717, 1.165) is 0 Å². The highest BCUT2D eigenvalue weighted by Crippen LogP contribution is 2.19. The number of esters is 1. The summed E-state index contributed by atoms with van der Waals surface area (Å²) in [5, 5.41) is 0. The van der Waals surface area contributed by atoms with Gasteiger partial charge in [0.2, 0.25) is 0 Å². The van der Waals surface area contributed by atoms with Gasteiger partial charge in [0.1, 0.15) is 11.6 Å². The molecule has 8 heteroatoms. The van der Waals surface area contributed by atoms with E-state index in [0.29, 0.717) is 19.6 Å². The van der Waals surface area contributed by atoms with Crippen LogP contribution < -0.4 is 0 Å². The molecule has 0 spiro atoms. The molecule has 1 aliphatic heterocycles. The molecule has 1 saturated heterocycles. The third-order valence-corrected chi connectivity index (χ3v) is 4.32. The van der Waals surface area contributed by atoms with Crippen molar-refractivity contribution in [1.82, 2.24) is 14.7 Å². The summed E-state index contributed by atoms with van der Waals surface area (Å²) >= 11 is 0. The molecule has 2 atom stereocenters. The number of piperazine rings is 1. The van der Waals surface area contributed by atoms with Gasteiger partial charge in [-0.15, -0.1) is 0 Å². The topological polar surface area (TPSA) is 79.4 Å². The molecule has 1 fully saturated rings. The number of hydrogen-bond donors (Lipinski definition) is 0. The van der Waals surface area contributed by atoms with E-state index < -0.39 is 17.6 Å². The average molecular weight is 371 g/mol. The average Bonchev–Trinajstić information content (AvgIpc) is 2.51. The predicted molar refractivity (Wildman–Crippen MR) is 97.8 cm³/mol. The van der Waals surface area contributed by atoms with E-state index in [9.17, 15) is 14.4 Å². The summed E-state index contributed by atoms with van der Waals surface area (Å²) in [6, 6.07) is -1.08. The van der Waals surface area contributed by atoms with Gasteiger partial charge in [-0.1, -0.05) is 13.8 Å². The standard InChI is InChI=1S/C18H33N3O5/c1-12(2)14(15(22)25-8)19(7)16(23)21-10-9-20(11-13(21)3)17(24)26-18(4,5)6/h12-14H,9-11H2,1-8H3. The fraction of sp³-hybridized carbons (Fsp3) is 0.833. The summed E-state index contributed by atoms with van der Waals surface area (Å²) in [6.07, 6.45) is -0.376. The van der Waals surface area contributed by atoms with Crippen LogP contribution >= 0.6 is 0 Å². The predicted octanol–water partition coefficient (Wildman–Crippen LogP) is 2.18. The molecule has 0 saturated carbocycles. The molecule has 0 aromatic heterocycles. The highest BCUT2D eigenvalue weighted by atomic mass is 16.6. The normalized spacial score (nSPS) is 19.2. The molecule has 1 rings (SSSR count). The van der Waals surface area contributed by atoms with Crippen LogP contribution in [0.5, 0.6) is 0 Å². The molecule has 150 valence electrons. The lowest BCUT2D eigenvalue weighted by Crippen LogP contribution is -2.60. The Morgan fingerprint density at radius 3 is 2.15 bits per heavy atom. The quantitative estimate of drug-likeness (QED) is 0.711. The van der Waals surface area contributed by atoms with Gasteiger partial charge in [-0.05, 0) is 33.6 Å². The van der Waals surface area contributed by atoms with Crippen LogP contribution in [0, 0.1) is 5.92 Å². The van der Waals surface area contributed by atoms with Crippen molar-refractivity contribution in [1.29, 1.82) is 0 Å². The van der Waals surface area contributed by atoms with Gasteiger partial charge in [0, 0.05) is 32.7 Å². The number of carbonyl (C=O) groups is 3. The second-order valence-electron chi connectivity index (χ2n) is 8.07. The van der Waals surface area contributed by atoms with Gasteiger partial charge in [-0.25, -0.2) is 14.4 Å². The first-order chi connectivity index (χ1) is 11.9. The van der Waals surface area contributed by atoms with Crippen LogP contribution in [0.2, 0.25) is 0 Å². The van der Waals surface area contributed by atoms with Crippen LogP contribution in [0.25, 0.3) is 0 Å². The minimum absolute atomic E-state index is 0.0743. The van der Waals surface area contributed by atoms with Crippen molar-refractivity contribution < 1.29 is 23.9 Å². The Bertz CT molecular complexity index is 529. The summed E-state index contributed by atoms with van der Waals surface area (Å²) < 4.78 is 10.2. The Kier molecular flexibility index (Phi) is 7.29. The molecule has 26 heavy (non-hydrogen) atoms. The molecule has 0 aliphatic carbocycles. The summed E-state index contributed by atoms with van der Waals surface area (Å²) in [6.45, 7) is 12.2. The highest BCUT2D eigenvalue weighted by molar-refractivity contribution is 5.84. The molecule has 8 nitrogen and oxygen atoms in total. The third kappa shape index (κ3) is 5.51. The molecule has 0 radical (unpaired) electrons. The van der Waals surface area contributed by atoms with Crippen molar-refractivity contribution in [2.75, 3.05) is 33.8 Å². The molecular formula is C18H33N3O5. The number of ether oxygens (including phenoxy) is 2. The molecule has 3 amide bonds. The Labute approximate surface area is 156 Å². The lowest BCUT2D eigenvalue weighted by molar-refractivity contribution is -0.147. The van der Waals surface area contributed by atoms with E-state index in [1.165, 1.54) is 12.0 Å². The second-order valence-corrected chi connectivity index (χ2v) is 8.07. The van der Waals surface area contributed by atoms with Crippen LogP contribution in [0.15, 0.2) is 0 Å². The molecule has 0 bridgehead atoms. The van der Waals surface area contributed by atoms with Gasteiger partial charge in [0.25, 0.3) is 0 Å². The van der Waals surface area contributed by atoms with Crippen molar-refractivity contribution in [3.8, 4) is 0 Å². The number of urea groups is 1. The van der Waals surface area contributed by atoms with Crippen LogP contribution in [0.1, 0.15) is 41.5 Å². The van der Waals surface area contributed by atoms with Gasteiger partial charge >= 0.3 is 18.1 Å². The first-order valence-electron chi connectivity index (χ1n) is 8.98. The molecule has 1 aliphatic rings. The first-order valence-corrected chi connectivity index (χ1v) is 8.98. The third-order valence-electron chi connectivity index (χ3n) is 4.32. The van der Waals surface area contributed by atoms with Gasteiger partial charge in [-0.3, -0.25) is 0 Å². The fourth-order valence-corrected chi connectivity index (χ4v) is 3.05. The molecule has 0 aromatic carbocycles. The van der Waals surface area contributed by atoms with Crippen LogP contribution in [-0.4, -0.2) is 84.3 Å². The Morgan fingerprint density at radius 1 is 1.15 bits per heavy atom. The number of amides is 3. The monoisotopic (exact) mass is 371 g/mol. The zero-order chi connectivity index (χ0) is 20.2. The van der Waals surface area contributed by atoms with E-state index in [1.807, 2.05) is 41.5 Å². The summed E-state index contributed by atoms with van der Waals surface area (Å²) in [7, 11) is 2.93. The highest BCUT2D eigenvalue weighted by Gasteiger charge is 2.37. The number of carbonyl (C=O) groups excluding carboxylic acids is 3. The van der Waals surface area contributed by atoms with Crippen molar-refractivity contribution in [3.05, 3.63) is 0 Å². The number of methoxy groups -OCH3 is 1. The summed E-state index contributed by atoms with van der Waals surface area (Å²) in [5.74, 6) is -0.509. The zero-order valence-electron chi connectivity index (χ0n) is 17.2. The molecule has 0 N–H and O–H groups in total. The van der Waals surface area contributed by atoms with Gasteiger partial charge in [0.05, 0.1) is 7.11 Å². The minimum atomic E-state index is -0.649. The van der Waals surface area contributed by atoms with Gasteiger partial charge in [0.15, 0.2) is 0 Å². The van der Waals surface area contributed by atoms with Crippen LogP contribution in [-0.2, 0) is 14.3 Å². The van der Waals surface area contributed by atoms with Crippen molar-refractivity contribution in [3.63, 3.8) is 0 Å². The maximum absolute atomic E-state index is 12.9. The van der Waals surface area contributed by atoms with E-state index in [4.69, 9.17) is 9.47 Å². The Hall–Kier alpha value is -1.99. The lowest BCUT2D eigenvalue weighted by atomic mass is 10.0. The Morgan fingerprint density at radius 2 is 1.73 bits per heavy atom. The zero-order valence-corrected chi connectivity index (χ0v) is 17.2. The smallest absolute Gasteiger partial charge is 0.410 e. The fourth-order valence-electron chi connectivity index (χ4n) is 3.05. The number of nitrogens with zero attached hydrogens (tertiary/aromatic N) is 3. The van der Waals surface area contributed by atoms with Gasteiger partial charge < -0.3 is 24.2 Å². The molecule has 2 unspecified atom stereocenters. The summed E-state index contributed by atoms with van der Waals surface area (Å²) in [5.41, 5.74) is -0.557.